The van der Waals surface area contributed by atoms with Gasteiger partial charge in [0, 0.05) is 17.4 Å². The van der Waals surface area contributed by atoms with Crippen molar-refractivity contribution in [3.63, 3.8) is 0 Å². The van der Waals surface area contributed by atoms with Gasteiger partial charge in [-0.05, 0) is 26.0 Å². The molecule has 3 rings (SSSR count). The van der Waals surface area contributed by atoms with Gasteiger partial charge in [0.2, 0.25) is 5.91 Å². The van der Waals surface area contributed by atoms with Crippen LogP contribution in [-0.4, -0.2) is 31.5 Å². The van der Waals surface area contributed by atoms with Crippen molar-refractivity contribution in [2.45, 2.75) is 19.9 Å². The van der Waals surface area contributed by atoms with Crippen LogP contribution < -0.4 is 10.6 Å². The van der Waals surface area contributed by atoms with E-state index in [1.165, 1.54) is 6.33 Å². The molecule has 0 aliphatic carbocycles. The molecule has 3 aromatic rings. The molecule has 1 amide bonds. The van der Waals surface area contributed by atoms with Crippen LogP contribution in [0.25, 0.3) is 5.78 Å². The minimum absolute atomic E-state index is 0.131. The Labute approximate surface area is 127 Å². The van der Waals surface area contributed by atoms with Crippen molar-refractivity contribution in [2.75, 3.05) is 10.6 Å². The lowest BCUT2D eigenvalue weighted by atomic mass is 10.2. The second-order valence-electron chi connectivity index (χ2n) is 4.98. The largest absolute Gasteiger partial charge is 0.358 e. The molecule has 0 fully saturated rings. The second-order valence-corrected chi connectivity index (χ2v) is 4.98. The normalized spacial score (nSPS) is 12.1. The number of nitrogens with one attached hydrogen (secondary N) is 2. The first-order valence-corrected chi connectivity index (χ1v) is 6.93. The average Bonchev–Trinajstić information content (AvgIpc) is 2.96. The van der Waals surface area contributed by atoms with Gasteiger partial charge >= 0.3 is 0 Å². The van der Waals surface area contributed by atoms with Crippen LogP contribution in [0.1, 0.15) is 12.6 Å². The van der Waals surface area contributed by atoms with E-state index in [1.807, 2.05) is 43.3 Å². The van der Waals surface area contributed by atoms with Gasteiger partial charge in [0.05, 0.1) is 0 Å². The maximum Gasteiger partial charge on any atom is 0.254 e. The van der Waals surface area contributed by atoms with Crippen LogP contribution in [0.15, 0.2) is 42.7 Å². The van der Waals surface area contributed by atoms with Gasteiger partial charge in [0.25, 0.3) is 5.78 Å². The quantitative estimate of drug-likeness (QED) is 0.768. The van der Waals surface area contributed by atoms with Gasteiger partial charge in [-0.15, -0.1) is 0 Å². The molecular weight excluding hydrogens is 280 g/mol. The Kier molecular flexibility index (Phi) is 3.69. The SMILES string of the molecule is Cc1cc(NC(C)C(=O)Nc2ccccc2)n2ncnc2n1. The van der Waals surface area contributed by atoms with E-state index in [1.54, 1.807) is 11.4 Å². The Morgan fingerprint density at radius 2 is 2.05 bits per heavy atom. The molecule has 0 aliphatic rings. The summed E-state index contributed by atoms with van der Waals surface area (Å²) in [7, 11) is 0. The van der Waals surface area contributed by atoms with Crippen molar-refractivity contribution in [3.05, 3.63) is 48.4 Å². The van der Waals surface area contributed by atoms with Crippen LogP contribution in [0.5, 0.6) is 0 Å². The third kappa shape index (κ3) is 2.88. The molecule has 0 saturated carbocycles. The number of hydrogen-bond donors (Lipinski definition) is 2. The number of amides is 1. The lowest BCUT2D eigenvalue weighted by Gasteiger charge is -2.16. The van der Waals surface area contributed by atoms with E-state index in [-0.39, 0.29) is 5.91 Å². The summed E-state index contributed by atoms with van der Waals surface area (Å²) in [6, 6.07) is 10.7. The number of benzene rings is 1. The first-order valence-electron chi connectivity index (χ1n) is 6.93. The monoisotopic (exact) mass is 296 g/mol. The van der Waals surface area contributed by atoms with Crippen molar-refractivity contribution >= 4 is 23.2 Å². The fraction of sp³-hybridized carbons (Fsp3) is 0.200. The summed E-state index contributed by atoms with van der Waals surface area (Å²) in [6.07, 6.45) is 1.43. The number of carbonyl (C=O) groups is 1. The van der Waals surface area contributed by atoms with Gasteiger partial charge in [-0.25, -0.2) is 4.98 Å². The highest BCUT2D eigenvalue weighted by molar-refractivity contribution is 5.96. The van der Waals surface area contributed by atoms with Crippen LogP contribution in [0.2, 0.25) is 0 Å². The smallest absolute Gasteiger partial charge is 0.254 e. The summed E-state index contributed by atoms with van der Waals surface area (Å²) < 4.78 is 1.57. The number of rotatable bonds is 4. The zero-order chi connectivity index (χ0) is 15.5. The Hall–Kier alpha value is -2.96. The van der Waals surface area contributed by atoms with E-state index in [0.29, 0.717) is 11.6 Å². The predicted octanol–water partition coefficient (Wildman–Crippen LogP) is 1.87. The van der Waals surface area contributed by atoms with Crippen LogP contribution >= 0.6 is 0 Å². The van der Waals surface area contributed by atoms with Crippen molar-refractivity contribution < 1.29 is 4.79 Å². The number of hydrogen-bond acceptors (Lipinski definition) is 5. The highest BCUT2D eigenvalue weighted by Crippen LogP contribution is 2.12. The number of carbonyl (C=O) groups excluding carboxylic acids is 1. The Bertz CT molecular complexity index is 798. The summed E-state index contributed by atoms with van der Waals surface area (Å²) >= 11 is 0. The van der Waals surface area contributed by atoms with E-state index >= 15 is 0 Å². The van der Waals surface area contributed by atoms with Gasteiger partial charge in [-0.1, -0.05) is 18.2 Å². The maximum absolute atomic E-state index is 12.2. The number of fused-ring (bicyclic) bond motifs is 1. The van der Waals surface area contributed by atoms with Crippen molar-refractivity contribution in [1.82, 2.24) is 19.6 Å². The molecule has 2 N–H and O–H groups in total. The molecule has 2 heterocycles. The molecule has 0 spiro atoms. The standard InChI is InChI=1S/C15H16N6O/c1-10-8-13(21-15(18-10)16-9-17-21)19-11(2)14(22)20-12-6-4-3-5-7-12/h3-9,11,19H,1-2H3,(H,20,22). The lowest BCUT2D eigenvalue weighted by Crippen LogP contribution is -2.32. The predicted molar refractivity (Wildman–Crippen MR) is 83.7 cm³/mol. The minimum atomic E-state index is -0.436. The fourth-order valence-corrected chi connectivity index (χ4v) is 2.09. The third-order valence-corrected chi connectivity index (χ3v) is 3.18. The molecule has 0 radical (unpaired) electrons. The molecule has 1 atom stereocenters. The van der Waals surface area contributed by atoms with Crippen LogP contribution in [0, 0.1) is 6.92 Å². The molecule has 112 valence electrons. The lowest BCUT2D eigenvalue weighted by molar-refractivity contribution is -0.116. The van der Waals surface area contributed by atoms with Gasteiger partial charge in [0.1, 0.15) is 18.2 Å². The summed E-state index contributed by atoms with van der Waals surface area (Å²) in [6.45, 7) is 3.66. The van der Waals surface area contributed by atoms with E-state index < -0.39 is 6.04 Å². The highest BCUT2D eigenvalue weighted by Gasteiger charge is 2.15. The molecule has 1 unspecified atom stereocenters. The number of aryl methyl sites for hydroxylation is 1. The molecule has 0 saturated heterocycles. The maximum atomic E-state index is 12.2. The van der Waals surface area contributed by atoms with Gasteiger partial charge in [-0.2, -0.15) is 14.6 Å². The molecule has 1 aromatic carbocycles. The third-order valence-electron chi connectivity index (χ3n) is 3.18. The zero-order valence-electron chi connectivity index (χ0n) is 12.3. The number of anilines is 2. The van der Waals surface area contributed by atoms with E-state index in [2.05, 4.69) is 25.7 Å². The Morgan fingerprint density at radius 3 is 2.82 bits per heavy atom. The molecule has 2 aromatic heterocycles. The van der Waals surface area contributed by atoms with Crippen LogP contribution in [0.4, 0.5) is 11.5 Å². The summed E-state index contributed by atoms with van der Waals surface area (Å²) in [5.74, 6) is 1.04. The van der Waals surface area contributed by atoms with Crippen molar-refractivity contribution in [3.8, 4) is 0 Å². The first kappa shape index (κ1) is 14.0. The molecular formula is C15H16N6O. The van der Waals surface area contributed by atoms with Gasteiger partial charge < -0.3 is 10.6 Å². The van der Waals surface area contributed by atoms with Crippen LogP contribution in [-0.2, 0) is 4.79 Å². The Balaban J connectivity index is 1.76. The topological polar surface area (TPSA) is 84.2 Å². The second kappa shape index (κ2) is 5.80. The molecule has 0 bridgehead atoms. The highest BCUT2D eigenvalue weighted by atomic mass is 16.2. The summed E-state index contributed by atoms with van der Waals surface area (Å²) in [5, 5.41) is 10.1. The summed E-state index contributed by atoms with van der Waals surface area (Å²) in [4.78, 5) is 20.6. The average molecular weight is 296 g/mol. The minimum Gasteiger partial charge on any atom is -0.358 e. The van der Waals surface area contributed by atoms with Crippen molar-refractivity contribution in [1.29, 1.82) is 0 Å². The summed E-state index contributed by atoms with van der Waals surface area (Å²) in [5.41, 5.74) is 1.57. The molecule has 22 heavy (non-hydrogen) atoms. The van der Waals surface area contributed by atoms with E-state index in [0.717, 1.165) is 11.4 Å². The van der Waals surface area contributed by atoms with Gasteiger partial charge in [-0.3, -0.25) is 4.79 Å². The van der Waals surface area contributed by atoms with E-state index in [9.17, 15) is 4.79 Å². The van der Waals surface area contributed by atoms with Gasteiger partial charge in [0.15, 0.2) is 0 Å². The molecule has 7 nitrogen and oxygen atoms in total. The first-order chi connectivity index (χ1) is 10.6. The number of para-hydroxylation sites is 1. The van der Waals surface area contributed by atoms with E-state index in [4.69, 9.17) is 0 Å². The van der Waals surface area contributed by atoms with Crippen LogP contribution in [0.3, 0.4) is 0 Å². The number of aromatic nitrogens is 4. The molecule has 7 heteroatoms. The fourth-order valence-electron chi connectivity index (χ4n) is 2.09. The molecule has 0 aliphatic heterocycles. The zero-order valence-corrected chi connectivity index (χ0v) is 12.3. The van der Waals surface area contributed by atoms with Crippen molar-refractivity contribution in [2.24, 2.45) is 0 Å². The Morgan fingerprint density at radius 1 is 1.27 bits per heavy atom. The number of nitrogens with zero attached hydrogens (tertiary/aromatic N) is 4.